The molecule has 22 heavy (non-hydrogen) atoms. The Balaban J connectivity index is 1.82. The molecular formula is C17H27N3O2. The Morgan fingerprint density at radius 1 is 1.18 bits per heavy atom. The maximum atomic E-state index is 11.9. The number of carbonyl (C=O) groups is 1. The average molecular weight is 305 g/mol. The number of amides is 1. The van der Waals surface area contributed by atoms with E-state index in [-0.39, 0.29) is 6.09 Å². The molecule has 5 heteroatoms. The minimum absolute atomic E-state index is 0.344. The Labute approximate surface area is 133 Å². The second kappa shape index (κ2) is 8.15. The van der Waals surface area contributed by atoms with Crippen LogP contribution >= 0.6 is 0 Å². The zero-order valence-corrected chi connectivity index (χ0v) is 13.8. The predicted molar refractivity (Wildman–Crippen MR) is 88.2 cm³/mol. The zero-order chi connectivity index (χ0) is 15.9. The first-order valence-corrected chi connectivity index (χ1v) is 7.99. The highest BCUT2D eigenvalue weighted by atomic mass is 16.6. The molecule has 1 N–H and O–H groups in total. The Bertz CT molecular complexity index is 456. The Morgan fingerprint density at radius 2 is 1.82 bits per heavy atom. The van der Waals surface area contributed by atoms with E-state index in [1.165, 1.54) is 0 Å². The Morgan fingerprint density at radius 3 is 2.41 bits per heavy atom. The van der Waals surface area contributed by atoms with Gasteiger partial charge < -0.3 is 15.0 Å². The van der Waals surface area contributed by atoms with Crippen LogP contribution < -0.4 is 10.1 Å². The van der Waals surface area contributed by atoms with E-state index in [9.17, 15) is 4.79 Å². The fourth-order valence-corrected chi connectivity index (χ4v) is 2.76. The number of ether oxygens (including phenoxy) is 1. The van der Waals surface area contributed by atoms with Crippen molar-refractivity contribution < 1.29 is 9.53 Å². The summed E-state index contributed by atoms with van der Waals surface area (Å²) in [4.78, 5) is 16.7. The first kappa shape index (κ1) is 16.8. The highest BCUT2D eigenvalue weighted by Gasteiger charge is 2.25. The molecule has 1 aromatic rings. The van der Waals surface area contributed by atoms with Gasteiger partial charge in [-0.15, -0.1) is 0 Å². The van der Waals surface area contributed by atoms with E-state index in [1.54, 1.807) is 12.1 Å². The van der Waals surface area contributed by atoms with Crippen LogP contribution in [-0.4, -0.2) is 61.7 Å². The number of likely N-dealkylation sites (N-methyl/N-ethyl adjacent to an activating group) is 1. The van der Waals surface area contributed by atoms with Crippen LogP contribution in [0.2, 0.25) is 0 Å². The molecule has 0 aromatic heterocycles. The molecule has 1 fully saturated rings. The third-order valence-electron chi connectivity index (χ3n) is 4.19. The van der Waals surface area contributed by atoms with Crippen molar-refractivity contribution in [1.29, 1.82) is 0 Å². The molecule has 2 rings (SSSR count). The van der Waals surface area contributed by atoms with Crippen molar-refractivity contribution in [2.24, 2.45) is 5.92 Å². The number of carbonyl (C=O) groups excluding carboxylic acids is 1. The number of nitrogens with zero attached hydrogens (tertiary/aromatic N) is 2. The van der Waals surface area contributed by atoms with E-state index in [4.69, 9.17) is 4.74 Å². The molecule has 0 saturated carbocycles. The molecule has 0 aliphatic carbocycles. The topological polar surface area (TPSA) is 44.8 Å². The van der Waals surface area contributed by atoms with Gasteiger partial charge in [0.05, 0.1) is 0 Å². The molecule has 1 unspecified atom stereocenters. The number of hydrogen-bond acceptors (Lipinski definition) is 4. The fraction of sp³-hybridized carbons (Fsp3) is 0.588. The highest BCUT2D eigenvalue weighted by molar-refractivity contribution is 5.70. The fourth-order valence-electron chi connectivity index (χ4n) is 2.76. The molecule has 1 aromatic carbocycles. The van der Waals surface area contributed by atoms with Gasteiger partial charge in [0.15, 0.2) is 0 Å². The number of piperazine rings is 1. The van der Waals surface area contributed by atoms with Crippen LogP contribution in [0.1, 0.15) is 13.8 Å². The maximum absolute atomic E-state index is 11.9. The van der Waals surface area contributed by atoms with Crippen LogP contribution in [0.4, 0.5) is 4.79 Å². The summed E-state index contributed by atoms with van der Waals surface area (Å²) in [6.45, 7) is 9.28. The van der Waals surface area contributed by atoms with Crippen LogP contribution in [0.15, 0.2) is 30.3 Å². The maximum Gasteiger partial charge on any atom is 0.412 e. The minimum atomic E-state index is -0.383. The molecular weight excluding hydrogens is 278 g/mol. The summed E-state index contributed by atoms with van der Waals surface area (Å²) in [6, 6.07) is 9.50. The van der Waals surface area contributed by atoms with Crippen molar-refractivity contribution in [3.8, 4) is 5.75 Å². The van der Waals surface area contributed by atoms with Crippen LogP contribution in [0, 0.1) is 5.92 Å². The average Bonchev–Trinajstić information content (AvgIpc) is 2.50. The summed E-state index contributed by atoms with van der Waals surface area (Å²) in [5, 5.41) is 2.90. The van der Waals surface area contributed by atoms with Gasteiger partial charge >= 0.3 is 6.09 Å². The molecule has 1 aliphatic heterocycles. The summed E-state index contributed by atoms with van der Waals surface area (Å²) in [5.74, 6) is 1.06. The monoisotopic (exact) mass is 305 g/mol. The smallest absolute Gasteiger partial charge is 0.410 e. The molecule has 0 spiro atoms. The summed E-state index contributed by atoms with van der Waals surface area (Å²) >= 11 is 0. The van der Waals surface area contributed by atoms with Crippen molar-refractivity contribution in [2.75, 3.05) is 39.8 Å². The third-order valence-corrected chi connectivity index (χ3v) is 4.19. The van der Waals surface area contributed by atoms with Gasteiger partial charge in [-0.05, 0) is 25.1 Å². The molecule has 0 radical (unpaired) electrons. The number of benzene rings is 1. The van der Waals surface area contributed by atoms with E-state index in [0.717, 1.165) is 26.2 Å². The van der Waals surface area contributed by atoms with Crippen LogP contribution in [-0.2, 0) is 0 Å². The SMILES string of the molecule is CC(C)C(CNC(=O)Oc1ccccc1)N1CCN(C)CC1. The molecule has 1 atom stereocenters. The van der Waals surface area contributed by atoms with Gasteiger partial charge in [0, 0.05) is 38.8 Å². The van der Waals surface area contributed by atoms with Crippen LogP contribution in [0.25, 0.3) is 0 Å². The van der Waals surface area contributed by atoms with E-state index >= 15 is 0 Å². The lowest BCUT2D eigenvalue weighted by atomic mass is 10.0. The number of nitrogens with one attached hydrogen (secondary N) is 1. The van der Waals surface area contributed by atoms with Crippen molar-refractivity contribution in [3.63, 3.8) is 0 Å². The predicted octanol–water partition coefficient (Wildman–Crippen LogP) is 2.05. The zero-order valence-electron chi connectivity index (χ0n) is 13.8. The normalized spacial score (nSPS) is 18.2. The van der Waals surface area contributed by atoms with E-state index < -0.39 is 0 Å². The van der Waals surface area contributed by atoms with Gasteiger partial charge in [-0.25, -0.2) is 4.79 Å². The molecule has 122 valence electrons. The Hall–Kier alpha value is -1.59. The number of para-hydroxylation sites is 1. The summed E-state index contributed by atoms with van der Waals surface area (Å²) in [7, 11) is 2.15. The third kappa shape index (κ3) is 5.00. The molecule has 1 heterocycles. The van der Waals surface area contributed by atoms with Crippen molar-refractivity contribution in [3.05, 3.63) is 30.3 Å². The first-order valence-electron chi connectivity index (χ1n) is 7.99. The summed E-state index contributed by atoms with van der Waals surface area (Å²) in [5.41, 5.74) is 0. The molecule has 5 nitrogen and oxygen atoms in total. The van der Waals surface area contributed by atoms with Gasteiger partial charge in [0.25, 0.3) is 0 Å². The lowest BCUT2D eigenvalue weighted by Gasteiger charge is -2.39. The minimum Gasteiger partial charge on any atom is -0.410 e. The second-order valence-corrected chi connectivity index (χ2v) is 6.23. The Kier molecular flexibility index (Phi) is 6.21. The van der Waals surface area contributed by atoms with E-state index in [2.05, 4.69) is 36.0 Å². The number of rotatable bonds is 5. The van der Waals surface area contributed by atoms with Gasteiger partial charge in [0.2, 0.25) is 0 Å². The molecule has 1 aliphatic rings. The molecule has 1 saturated heterocycles. The second-order valence-electron chi connectivity index (χ2n) is 6.23. The first-order chi connectivity index (χ1) is 10.6. The van der Waals surface area contributed by atoms with Gasteiger partial charge in [-0.1, -0.05) is 32.0 Å². The van der Waals surface area contributed by atoms with Crippen molar-refractivity contribution in [2.45, 2.75) is 19.9 Å². The molecule has 1 amide bonds. The lowest BCUT2D eigenvalue weighted by molar-refractivity contribution is 0.0873. The largest absolute Gasteiger partial charge is 0.412 e. The van der Waals surface area contributed by atoms with Gasteiger partial charge in [-0.3, -0.25) is 4.90 Å². The number of hydrogen-bond donors (Lipinski definition) is 1. The quantitative estimate of drug-likeness (QED) is 0.904. The van der Waals surface area contributed by atoms with Crippen LogP contribution in [0.5, 0.6) is 5.75 Å². The van der Waals surface area contributed by atoms with Crippen molar-refractivity contribution >= 4 is 6.09 Å². The van der Waals surface area contributed by atoms with Crippen molar-refractivity contribution in [1.82, 2.24) is 15.1 Å². The standard InChI is InChI=1S/C17H27N3O2/c1-14(2)16(20-11-9-19(3)10-12-20)13-18-17(21)22-15-7-5-4-6-8-15/h4-8,14,16H,9-13H2,1-3H3,(H,18,21). The summed E-state index contributed by atoms with van der Waals surface area (Å²) < 4.78 is 5.27. The molecule has 0 bridgehead atoms. The summed E-state index contributed by atoms with van der Waals surface area (Å²) in [6.07, 6.45) is -0.383. The van der Waals surface area contributed by atoms with Gasteiger partial charge in [0.1, 0.15) is 5.75 Å². The highest BCUT2D eigenvalue weighted by Crippen LogP contribution is 2.13. The van der Waals surface area contributed by atoms with Gasteiger partial charge in [-0.2, -0.15) is 0 Å². The van der Waals surface area contributed by atoms with E-state index in [1.807, 2.05) is 18.2 Å². The lowest BCUT2D eigenvalue weighted by Crippen LogP contribution is -2.54. The van der Waals surface area contributed by atoms with Crippen LogP contribution in [0.3, 0.4) is 0 Å². The van der Waals surface area contributed by atoms with E-state index in [0.29, 0.717) is 24.3 Å².